The molecule has 25 heavy (non-hydrogen) atoms. The van der Waals surface area contributed by atoms with Gasteiger partial charge < -0.3 is 10.1 Å². The van der Waals surface area contributed by atoms with Crippen LogP contribution in [0.5, 0.6) is 0 Å². The van der Waals surface area contributed by atoms with Crippen molar-refractivity contribution in [2.45, 2.75) is 71.3 Å². The van der Waals surface area contributed by atoms with Gasteiger partial charge in [0.25, 0.3) is 5.91 Å². The molecule has 2 aliphatic carbocycles. The maximum Gasteiger partial charge on any atom is 0.348 e. The summed E-state index contributed by atoms with van der Waals surface area (Å²) in [6.45, 7) is 4.25. The zero-order chi connectivity index (χ0) is 17.8. The van der Waals surface area contributed by atoms with Crippen molar-refractivity contribution >= 4 is 23.2 Å². The number of thiophene rings is 1. The zero-order valence-corrected chi connectivity index (χ0v) is 16.1. The van der Waals surface area contributed by atoms with Gasteiger partial charge in [0.05, 0.1) is 0 Å². The molecule has 0 bridgehead atoms. The van der Waals surface area contributed by atoms with Crippen LogP contribution in [0.4, 0.5) is 0 Å². The van der Waals surface area contributed by atoms with Crippen LogP contribution in [-0.4, -0.2) is 24.5 Å². The lowest BCUT2D eigenvalue weighted by Crippen LogP contribution is -2.45. The van der Waals surface area contributed by atoms with Crippen molar-refractivity contribution in [3.05, 3.63) is 21.4 Å². The van der Waals surface area contributed by atoms with Crippen LogP contribution >= 0.6 is 11.3 Å². The molecule has 138 valence electrons. The molecule has 5 heteroatoms. The molecular formula is C20H29NO3S. The Balaban J connectivity index is 1.49. The number of fused-ring (bicyclic) bond motifs is 1. The van der Waals surface area contributed by atoms with E-state index >= 15 is 0 Å². The number of carbonyl (C=O) groups excluding carboxylic acids is 2. The van der Waals surface area contributed by atoms with Crippen LogP contribution in [0.1, 0.15) is 72.5 Å². The summed E-state index contributed by atoms with van der Waals surface area (Å²) in [4.78, 5) is 26.4. The van der Waals surface area contributed by atoms with Gasteiger partial charge in [0.1, 0.15) is 4.88 Å². The van der Waals surface area contributed by atoms with Gasteiger partial charge in [-0.05, 0) is 55.6 Å². The lowest BCUT2D eigenvalue weighted by atomic mass is 9.78. The minimum Gasteiger partial charge on any atom is -0.451 e. The number of amides is 1. The molecule has 0 saturated heterocycles. The van der Waals surface area contributed by atoms with Gasteiger partial charge in [-0.15, -0.1) is 11.3 Å². The second kappa shape index (κ2) is 8.35. The highest BCUT2D eigenvalue weighted by Crippen LogP contribution is 2.30. The molecule has 1 aromatic rings. The second-order valence-corrected chi connectivity index (χ2v) is 8.77. The molecule has 0 radical (unpaired) electrons. The molecule has 4 nitrogen and oxygen atoms in total. The van der Waals surface area contributed by atoms with E-state index < -0.39 is 0 Å². The van der Waals surface area contributed by atoms with Gasteiger partial charge in [-0.1, -0.05) is 33.1 Å². The Labute approximate surface area is 154 Å². The van der Waals surface area contributed by atoms with E-state index in [1.54, 1.807) is 0 Å². The normalized spacial score (nSPS) is 26.4. The molecule has 1 fully saturated rings. The van der Waals surface area contributed by atoms with Gasteiger partial charge in [0, 0.05) is 10.9 Å². The SMILES string of the molecule is C[C@H]1[C@@H](NC(=O)COC(=O)c2cc3c(s2)CCCCC3)CCC[C@@H]1C. The summed E-state index contributed by atoms with van der Waals surface area (Å²) >= 11 is 1.54. The Bertz CT molecular complexity index is 601. The predicted octanol–water partition coefficient (Wildman–Crippen LogP) is 4.11. The lowest BCUT2D eigenvalue weighted by molar-refractivity contribution is -0.125. The third-order valence-electron chi connectivity index (χ3n) is 5.84. The standard InChI is InChI=1S/C20H29NO3S/c1-13-7-6-9-16(14(13)2)21-19(22)12-24-20(23)18-11-15-8-4-3-5-10-17(15)25-18/h11,13-14,16H,3-10,12H2,1-2H3,(H,21,22)/t13-,14+,16-/m0/s1. The van der Waals surface area contributed by atoms with Crippen LogP contribution in [0.15, 0.2) is 6.07 Å². The zero-order valence-electron chi connectivity index (χ0n) is 15.3. The molecule has 1 N–H and O–H groups in total. The van der Waals surface area contributed by atoms with E-state index in [1.165, 1.54) is 47.5 Å². The molecule has 3 atom stereocenters. The number of ether oxygens (including phenoxy) is 1. The van der Waals surface area contributed by atoms with Crippen molar-refractivity contribution in [1.82, 2.24) is 5.32 Å². The van der Waals surface area contributed by atoms with Gasteiger partial charge in [-0.3, -0.25) is 4.79 Å². The van der Waals surface area contributed by atoms with Gasteiger partial charge in [0.15, 0.2) is 6.61 Å². The van der Waals surface area contributed by atoms with E-state index in [9.17, 15) is 9.59 Å². The summed E-state index contributed by atoms with van der Waals surface area (Å²) in [6, 6.07) is 2.17. The average Bonchev–Trinajstić information content (AvgIpc) is 2.88. The van der Waals surface area contributed by atoms with Crippen LogP contribution in [0.3, 0.4) is 0 Å². The number of carbonyl (C=O) groups is 2. The topological polar surface area (TPSA) is 55.4 Å². The number of aryl methyl sites for hydroxylation is 2. The summed E-state index contributed by atoms with van der Waals surface area (Å²) in [5.41, 5.74) is 1.30. The van der Waals surface area contributed by atoms with Crippen molar-refractivity contribution in [3.8, 4) is 0 Å². The van der Waals surface area contributed by atoms with Gasteiger partial charge in [-0.2, -0.15) is 0 Å². The minimum absolute atomic E-state index is 0.182. The first-order valence-corrected chi connectivity index (χ1v) is 10.4. The molecule has 0 unspecified atom stereocenters. The second-order valence-electron chi connectivity index (χ2n) is 7.64. The molecular weight excluding hydrogens is 334 g/mol. The Morgan fingerprint density at radius 1 is 1.16 bits per heavy atom. The van der Waals surface area contributed by atoms with Crippen molar-refractivity contribution in [3.63, 3.8) is 0 Å². The molecule has 0 aromatic carbocycles. The number of nitrogens with one attached hydrogen (secondary N) is 1. The molecule has 0 aliphatic heterocycles. The van der Waals surface area contributed by atoms with E-state index in [2.05, 4.69) is 19.2 Å². The summed E-state index contributed by atoms with van der Waals surface area (Å²) < 4.78 is 5.26. The lowest BCUT2D eigenvalue weighted by Gasteiger charge is -2.34. The highest BCUT2D eigenvalue weighted by atomic mass is 32.1. The van der Waals surface area contributed by atoms with Crippen LogP contribution < -0.4 is 5.32 Å². The number of esters is 1. The molecule has 3 rings (SSSR count). The van der Waals surface area contributed by atoms with Crippen LogP contribution in [0, 0.1) is 11.8 Å². The predicted molar refractivity (Wildman–Crippen MR) is 100.0 cm³/mol. The minimum atomic E-state index is -0.363. The Morgan fingerprint density at radius 3 is 2.80 bits per heavy atom. The van der Waals surface area contributed by atoms with Crippen LogP contribution in [0.2, 0.25) is 0 Å². The Hall–Kier alpha value is -1.36. The maximum atomic E-state index is 12.3. The average molecular weight is 364 g/mol. The van der Waals surface area contributed by atoms with Gasteiger partial charge >= 0.3 is 5.97 Å². The van der Waals surface area contributed by atoms with Crippen molar-refractivity contribution in [1.29, 1.82) is 0 Å². The van der Waals surface area contributed by atoms with Crippen molar-refractivity contribution in [2.75, 3.05) is 6.61 Å². The van der Waals surface area contributed by atoms with E-state index in [0.717, 1.165) is 25.7 Å². The van der Waals surface area contributed by atoms with E-state index in [-0.39, 0.29) is 24.5 Å². The van der Waals surface area contributed by atoms with Crippen molar-refractivity contribution in [2.24, 2.45) is 11.8 Å². The van der Waals surface area contributed by atoms with E-state index in [4.69, 9.17) is 4.74 Å². The first-order valence-electron chi connectivity index (χ1n) is 9.62. The van der Waals surface area contributed by atoms with Crippen LogP contribution in [-0.2, 0) is 22.4 Å². The maximum absolute atomic E-state index is 12.3. The third-order valence-corrected chi connectivity index (χ3v) is 7.05. The smallest absolute Gasteiger partial charge is 0.348 e. The Morgan fingerprint density at radius 2 is 1.96 bits per heavy atom. The monoisotopic (exact) mass is 363 g/mol. The summed E-state index contributed by atoms with van der Waals surface area (Å²) in [5, 5.41) is 3.05. The van der Waals surface area contributed by atoms with Crippen LogP contribution in [0.25, 0.3) is 0 Å². The Kier molecular flexibility index (Phi) is 6.15. The number of hydrogen-bond donors (Lipinski definition) is 1. The fraction of sp³-hybridized carbons (Fsp3) is 0.700. The van der Waals surface area contributed by atoms with E-state index in [0.29, 0.717) is 16.7 Å². The molecule has 1 saturated carbocycles. The third kappa shape index (κ3) is 4.63. The van der Waals surface area contributed by atoms with E-state index in [1.807, 2.05) is 6.07 Å². The number of hydrogen-bond acceptors (Lipinski definition) is 4. The highest BCUT2D eigenvalue weighted by Gasteiger charge is 2.28. The highest BCUT2D eigenvalue weighted by molar-refractivity contribution is 7.14. The number of rotatable bonds is 4. The quantitative estimate of drug-likeness (QED) is 0.647. The summed E-state index contributed by atoms with van der Waals surface area (Å²) in [6.07, 6.45) is 9.16. The molecule has 1 aromatic heterocycles. The molecule has 2 aliphatic rings. The fourth-order valence-corrected chi connectivity index (χ4v) is 5.15. The molecule has 1 amide bonds. The first-order chi connectivity index (χ1) is 12.0. The van der Waals surface area contributed by atoms with Crippen molar-refractivity contribution < 1.29 is 14.3 Å². The van der Waals surface area contributed by atoms with Gasteiger partial charge in [-0.25, -0.2) is 4.79 Å². The summed E-state index contributed by atoms with van der Waals surface area (Å²) in [5.74, 6) is 0.556. The van der Waals surface area contributed by atoms with Gasteiger partial charge in [0.2, 0.25) is 0 Å². The fourth-order valence-electron chi connectivity index (χ4n) is 4.00. The first kappa shape index (κ1) is 18.4. The molecule has 0 spiro atoms. The summed E-state index contributed by atoms with van der Waals surface area (Å²) in [7, 11) is 0. The molecule has 1 heterocycles. The largest absolute Gasteiger partial charge is 0.451 e.